The SMILES string of the molecule is Cc1cnc2c(c1)N(C(=O)C(C)c1ccnn1C)CCO2. The van der Waals surface area contributed by atoms with E-state index in [9.17, 15) is 4.79 Å². The Morgan fingerprint density at radius 3 is 3.00 bits per heavy atom. The van der Waals surface area contributed by atoms with Gasteiger partial charge in [0.05, 0.1) is 18.2 Å². The Morgan fingerprint density at radius 2 is 2.29 bits per heavy atom. The average molecular weight is 286 g/mol. The molecule has 1 unspecified atom stereocenters. The van der Waals surface area contributed by atoms with E-state index in [2.05, 4.69) is 10.1 Å². The number of fused-ring (bicyclic) bond motifs is 1. The Balaban J connectivity index is 1.93. The molecule has 1 aliphatic rings. The molecule has 0 saturated heterocycles. The summed E-state index contributed by atoms with van der Waals surface area (Å²) in [4.78, 5) is 18.8. The molecular formula is C15H18N4O2. The lowest BCUT2D eigenvalue weighted by Crippen LogP contribution is -2.40. The van der Waals surface area contributed by atoms with Crippen molar-refractivity contribution in [3.63, 3.8) is 0 Å². The summed E-state index contributed by atoms with van der Waals surface area (Å²) in [5, 5.41) is 4.13. The van der Waals surface area contributed by atoms with Crippen LogP contribution >= 0.6 is 0 Å². The van der Waals surface area contributed by atoms with Crippen molar-refractivity contribution in [3.8, 4) is 5.88 Å². The number of anilines is 1. The van der Waals surface area contributed by atoms with E-state index in [-0.39, 0.29) is 11.8 Å². The van der Waals surface area contributed by atoms with Crippen molar-refractivity contribution in [1.82, 2.24) is 14.8 Å². The van der Waals surface area contributed by atoms with Crippen LogP contribution in [0.4, 0.5) is 5.69 Å². The highest BCUT2D eigenvalue weighted by molar-refractivity contribution is 5.99. The second kappa shape index (κ2) is 5.20. The molecule has 1 amide bonds. The molecular weight excluding hydrogens is 268 g/mol. The third-order valence-corrected chi connectivity index (χ3v) is 3.75. The van der Waals surface area contributed by atoms with Gasteiger partial charge in [0.25, 0.3) is 0 Å². The Labute approximate surface area is 123 Å². The van der Waals surface area contributed by atoms with Gasteiger partial charge in [-0.15, -0.1) is 0 Å². The van der Waals surface area contributed by atoms with E-state index in [0.29, 0.717) is 19.0 Å². The van der Waals surface area contributed by atoms with Crippen molar-refractivity contribution < 1.29 is 9.53 Å². The van der Waals surface area contributed by atoms with E-state index in [4.69, 9.17) is 4.74 Å². The monoisotopic (exact) mass is 286 g/mol. The first-order chi connectivity index (χ1) is 10.1. The molecule has 2 aromatic heterocycles. The quantitative estimate of drug-likeness (QED) is 0.842. The van der Waals surface area contributed by atoms with E-state index < -0.39 is 0 Å². The summed E-state index contributed by atoms with van der Waals surface area (Å²) in [6.45, 7) is 4.86. The molecule has 6 nitrogen and oxygen atoms in total. The molecule has 110 valence electrons. The van der Waals surface area contributed by atoms with Gasteiger partial charge in [-0.05, 0) is 31.5 Å². The Kier molecular flexibility index (Phi) is 3.37. The molecule has 21 heavy (non-hydrogen) atoms. The maximum atomic E-state index is 12.8. The van der Waals surface area contributed by atoms with E-state index in [1.54, 1.807) is 22.0 Å². The van der Waals surface area contributed by atoms with Gasteiger partial charge in [0.1, 0.15) is 12.3 Å². The number of carbonyl (C=O) groups is 1. The summed E-state index contributed by atoms with van der Waals surface area (Å²) in [5.41, 5.74) is 2.65. The molecule has 0 spiro atoms. The van der Waals surface area contributed by atoms with Crippen LogP contribution in [0.2, 0.25) is 0 Å². The Morgan fingerprint density at radius 1 is 1.48 bits per heavy atom. The average Bonchev–Trinajstić information content (AvgIpc) is 2.91. The molecule has 0 aromatic carbocycles. The third kappa shape index (κ3) is 2.37. The Bertz CT molecular complexity index is 680. The molecule has 0 N–H and O–H groups in total. The normalized spacial score (nSPS) is 15.3. The zero-order valence-corrected chi connectivity index (χ0v) is 12.4. The first kappa shape index (κ1) is 13.6. The number of ether oxygens (including phenoxy) is 1. The van der Waals surface area contributed by atoms with Crippen LogP contribution in [0.3, 0.4) is 0 Å². The second-order valence-corrected chi connectivity index (χ2v) is 5.28. The summed E-state index contributed by atoms with van der Waals surface area (Å²) in [6, 6.07) is 3.81. The van der Waals surface area contributed by atoms with Gasteiger partial charge in [-0.25, -0.2) is 4.98 Å². The van der Waals surface area contributed by atoms with Crippen molar-refractivity contribution >= 4 is 11.6 Å². The standard InChI is InChI=1S/C15H18N4O2/c1-10-8-13-14(16-9-10)21-7-6-19(13)15(20)11(2)12-4-5-17-18(12)3/h4-5,8-9,11H,6-7H2,1-3H3. The van der Waals surface area contributed by atoms with Crippen LogP contribution in [-0.2, 0) is 11.8 Å². The molecule has 3 heterocycles. The Hall–Kier alpha value is -2.37. The first-order valence-electron chi connectivity index (χ1n) is 6.96. The number of amides is 1. The predicted octanol–water partition coefficient (Wildman–Crippen LogP) is 1.65. The number of aromatic nitrogens is 3. The summed E-state index contributed by atoms with van der Waals surface area (Å²) in [5.74, 6) is 0.303. The number of carbonyl (C=O) groups excluding carboxylic acids is 1. The highest BCUT2D eigenvalue weighted by Gasteiger charge is 2.30. The number of pyridine rings is 1. The van der Waals surface area contributed by atoms with Crippen LogP contribution in [-0.4, -0.2) is 33.8 Å². The fraction of sp³-hybridized carbons (Fsp3) is 0.400. The molecule has 1 aliphatic heterocycles. The number of nitrogens with zero attached hydrogens (tertiary/aromatic N) is 4. The number of hydrogen-bond acceptors (Lipinski definition) is 4. The topological polar surface area (TPSA) is 60.2 Å². The maximum Gasteiger partial charge on any atom is 0.238 e. The summed E-state index contributed by atoms with van der Waals surface area (Å²) in [7, 11) is 1.85. The predicted molar refractivity (Wildman–Crippen MR) is 78.4 cm³/mol. The lowest BCUT2D eigenvalue weighted by atomic mass is 10.1. The van der Waals surface area contributed by atoms with Gasteiger partial charge < -0.3 is 9.64 Å². The van der Waals surface area contributed by atoms with E-state index in [1.807, 2.05) is 33.0 Å². The first-order valence-corrected chi connectivity index (χ1v) is 6.96. The van der Waals surface area contributed by atoms with Crippen molar-refractivity contribution in [3.05, 3.63) is 35.8 Å². The fourth-order valence-corrected chi connectivity index (χ4v) is 2.60. The summed E-state index contributed by atoms with van der Waals surface area (Å²) < 4.78 is 7.27. The number of rotatable bonds is 2. The molecule has 0 saturated carbocycles. The molecule has 1 atom stereocenters. The molecule has 3 rings (SSSR count). The van der Waals surface area contributed by atoms with E-state index >= 15 is 0 Å². The van der Waals surface area contributed by atoms with Crippen molar-refractivity contribution in [1.29, 1.82) is 0 Å². The van der Waals surface area contributed by atoms with E-state index in [0.717, 1.165) is 16.9 Å². The van der Waals surface area contributed by atoms with Crippen LogP contribution in [0.25, 0.3) is 0 Å². The molecule has 2 aromatic rings. The minimum Gasteiger partial charge on any atom is -0.474 e. The van der Waals surface area contributed by atoms with Crippen LogP contribution in [0.1, 0.15) is 24.1 Å². The van der Waals surface area contributed by atoms with Crippen molar-refractivity contribution in [2.45, 2.75) is 19.8 Å². The molecule has 0 aliphatic carbocycles. The van der Waals surface area contributed by atoms with Gasteiger partial charge in [0.2, 0.25) is 11.8 Å². The highest BCUT2D eigenvalue weighted by atomic mass is 16.5. The molecule has 0 fully saturated rings. The van der Waals surface area contributed by atoms with Gasteiger partial charge >= 0.3 is 0 Å². The minimum atomic E-state index is -0.260. The number of aryl methyl sites for hydroxylation is 2. The van der Waals surface area contributed by atoms with Gasteiger partial charge in [-0.3, -0.25) is 9.48 Å². The summed E-state index contributed by atoms with van der Waals surface area (Å²) in [6.07, 6.45) is 3.45. The summed E-state index contributed by atoms with van der Waals surface area (Å²) >= 11 is 0. The van der Waals surface area contributed by atoms with Crippen LogP contribution in [0.5, 0.6) is 5.88 Å². The maximum absolute atomic E-state index is 12.8. The lowest BCUT2D eigenvalue weighted by Gasteiger charge is -2.30. The molecule has 0 radical (unpaired) electrons. The zero-order valence-electron chi connectivity index (χ0n) is 12.4. The van der Waals surface area contributed by atoms with Crippen LogP contribution in [0.15, 0.2) is 24.5 Å². The van der Waals surface area contributed by atoms with Crippen molar-refractivity contribution in [2.75, 3.05) is 18.1 Å². The minimum absolute atomic E-state index is 0.0375. The van der Waals surface area contributed by atoms with Gasteiger partial charge in [-0.2, -0.15) is 5.10 Å². The molecule has 0 bridgehead atoms. The largest absolute Gasteiger partial charge is 0.474 e. The lowest BCUT2D eigenvalue weighted by molar-refractivity contribution is -0.120. The third-order valence-electron chi connectivity index (χ3n) is 3.75. The highest BCUT2D eigenvalue weighted by Crippen LogP contribution is 2.32. The van der Waals surface area contributed by atoms with Crippen LogP contribution in [0, 0.1) is 6.92 Å². The zero-order chi connectivity index (χ0) is 15.0. The molecule has 6 heteroatoms. The van der Waals surface area contributed by atoms with Gasteiger partial charge in [0, 0.05) is 19.4 Å². The van der Waals surface area contributed by atoms with Crippen molar-refractivity contribution in [2.24, 2.45) is 7.05 Å². The fourth-order valence-electron chi connectivity index (χ4n) is 2.60. The number of hydrogen-bond donors (Lipinski definition) is 0. The van der Waals surface area contributed by atoms with E-state index in [1.165, 1.54) is 0 Å². The van der Waals surface area contributed by atoms with Crippen LogP contribution < -0.4 is 9.64 Å². The smallest absolute Gasteiger partial charge is 0.238 e. The van der Waals surface area contributed by atoms with Gasteiger partial charge in [-0.1, -0.05) is 0 Å². The second-order valence-electron chi connectivity index (χ2n) is 5.28. The van der Waals surface area contributed by atoms with Gasteiger partial charge in [0.15, 0.2) is 0 Å².